The summed E-state index contributed by atoms with van der Waals surface area (Å²) in [5.74, 6) is -0.664. The molecule has 0 bridgehead atoms. The molecule has 2 aromatic carbocycles. The largest absolute Gasteiger partial charge is 0.419 e. The number of hydrogen-bond acceptors (Lipinski definition) is 3. The summed E-state index contributed by atoms with van der Waals surface area (Å²) in [4.78, 5) is 23.9. The van der Waals surface area contributed by atoms with Gasteiger partial charge in [-0.25, -0.2) is 4.79 Å². The number of nitrogens with one attached hydrogen (secondary N) is 1. The Morgan fingerprint density at radius 3 is 2.45 bits per heavy atom. The van der Waals surface area contributed by atoms with E-state index in [0.29, 0.717) is 16.7 Å². The van der Waals surface area contributed by atoms with Gasteiger partial charge in [0.05, 0.1) is 5.52 Å². The highest BCUT2D eigenvalue weighted by molar-refractivity contribution is 6.05. The molecular formula is C17H16N2O3. The third kappa shape index (κ3) is 2.53. The number of nitrogens with zero attached hydrogens (tertiary/aromatic N) is 1. The molecule has 0 aliphatic rings. The minimum atomic E-state index is -0.443. The van der Waals surface area contributed by atoms with Crippen molar-refractivity contribution in [2.24, 2.45) is 7.05 Å². The van der Waals surface area contributed by atoms with Crippen LogP contribution < -0.4 is 11.1 Å². The normalized spacial score (nSPS) is 10.9. The van der Waals surface area contributed by atoms with Crippen LogP contribution in [0.1, 0.15) is 21.5 Å². The summed E-state index contributed by atoms with van der Waals surface area (Å²) in [6, 6.07) is 10.8. The van der Waals surface area contributed by atoms with Crippen molar-refractivity contribution in [3.8, 4) is 0 Å². The number of rotatable bonds is 2. The van der Waals surface area contributed by atoms with Crippen LogP contribution in [0.4, 0.5) is 5.69 Å². The number of carbonyl (C=O) groups is 1. The Balaban J connectivity index is 1.94. The molecule has 5 nitrogen and oxygen atoms in total. The van der Waals surface area contributed by atoms with E-state index in [0.717, 1.165) is 16.8 Å². The number of amides is 1. The van der Waals surface area contributed by atoms with E-state index in [1.807, 2.05) is 32.0 Å². The molecule has 1 aromatic heterocycles. The predicted molar refractivity (Wildman–Crippen MR) is 85.3 cm³/mol. The van der Waals surface area contributed by atoms with E-state index in [1.165, 1.54) is 4.57 Å². The maximum Gasteiger partial charge on any atom is 0.419 e. The number of oxazole rings is 1. The van der Waals surface area contributed by atoms with Crippen molar-refractivity contribution in [2.75, 3.05) is 5.32 Å². The smallest absolute Gasteiger partial charge is 0.408 e. The SMILES string of the molecule is Cc1cc(C)cc(NC(=O)c2ccc3oc(=O)n(C)c3c2)c1. The predicted octanol–water partition coefficient (Wildman–Crippen LogP) is 3.00. The van der Waals surface area contributed by atoms with E-state index in [4.69, 9.17) is 4.42 Å². The van der Waals surface area contributed by atoms with Crippen LogP contribution in [0.25, 0.3) is 11.1 Å². The summed E-state index contributed by atoms with van der Waals surface area (Å²) in [6.07, 6.45) is 0. The Hall–Kier alpha value is -2.82. The number of hydrogen-bond donors (Lipinski definition) is 1. The van der Waals surface area contributed by atoms with Gasteiger partial charge in [-0.05, 0) is 55.3 Å². The minimum absolute atomic E-state index is 0.222. The number of benzene rings is 2. The van der Waals surface area contributed by atoms with Crippen LogP contribution in [0, 0.1) is 13.8 Å². The summed E-state index contributed by atoms with van der Waals surface area (Å²) < 4.78 is 6.44. The van der Waals surface area contributed by atoms with E-state index in [1.54, 1.807) is 25.2 Å². The van der Waals surface area contributed by atoms with Crippen molar-refractivity contribution in [2.45, 2.75) is 13.8 Å². The Bertz CT molecular complexity index is 914. The second-order valence-electron chi connectivity index (χ2n) is 5.44. The van der Waals surface area contributed by atoms with E-state index in [2.05, 4.69) is 5.32 Å². The van der Waals surface area contributed by atoms with E-state index in [-0.39, 0.29) is 5.91 Å². The van der Waals surface area contributed by atoms with Gasteiger partial charge in [-0.15, -0.1) is 0 Å². The van der Waals surface area contributed by atoms with Crippen LogP contribution in [0.2, 0.25) is 0 Å². The van der Waals surface area contributed by atoms with Crippen LogP contribution in [-0.2, 0) is 7.05 Å². The lowest BCUT2D eigenvalue weighted by atomic mass is 10.1. The van der Waals surface area contributed by atoms with Gasteiger partial charge in [-0.1, -0.05) is 6.07 Å². The molecule has 0 atom stereocenters. The third-order valence-corrected chi connectivity index (χ3v) is 3.53. The average Bonchev–Trinajstić information content (AvgIpc) is 2.72. The van der Waals surface area contributed by atoms with Crippen molar-refractivity contribution in [3.05, 3.63) is 63.6 Å². The first-order chi connectivity index (χ1) is 10.4. The highest BCUT2D eigenvalue weighted by Gasteiger charge is 2.11. The van der Waals surface area contributed by atoms with Gasteiger partial charge in [0, 0.05) is 18.3 Å². The zero-order valence-corrected chi connectivity index (χ0v) is 12.6. The second-order valence-corrected chi connectivity index (χ2v) is 5.44. The molecule has 3 rings (SSSR count). The first-order valence-electron chi connectivity index (χ1n) is 6.93. The number of anilines is 1. The van der Waals surface area contributed by atoms with Crippen LogP contribution in [0.15, 0.2) is 45.6 Å². The molecule has 22 heavy (non-hydrogen) atoms. The zero-order chi connectivity index (χ0) is 15.9. The quantitative estimate of drug-likeness (QED) is 0.790. The van der Waals surface area contributed by atoms with Crippen LogP contribution in [-0.4, -0.2) is 10.5 Å². The molecule has 112 valence electrons. The molecular weight excluding hydrogens is 280 g/mol. The third-order valence-electron chi connectivity index (χ3n) is 3.53. The maximum atomic E-state index is 12.4. The molecule has 1 N–H and O–H groups in total. The zero-order valence-electron chi connectivity index (χ0n) is 12.6. The highest BCUT2D eigenvalue weighted by Crippen LogP contribution is 2.17. The number of aryl methyl sites for hydroxylation is 3. The average molecular weight is 296 g/mol. The minimum Gasteiger partial charge on any atom is -0.408 e. The van der Waals surface area contributed by atoms with Gasteiger partial charge in [-0.2, -0.15) is 0 Å². The first-order valence-corrected chi connectivity index (χ1v) is 6.93. The van der Waals surface area contributed by atoms with Crippen molar-refractivity contribution in [1.82, 2.24) is 4.57 Å². The van der Waals surface area contributed by atoms with E-state index in [9.17, 15) is 9.59 Å². The molecule has 3 aromatic rings. The number of aromatic nitrogens is 1. The monoisotopic (exact) mass is 296 g/mol. The maximum absolute atomic E-state index is 12.4. The van der Waals surface area contributed by atoms with Crippen LogP contribution >= 0.6 is 0 Å². The molecule has 0 radical (unpaired) electrons. The fourth-order valence-corrected chi connectivity index (χ4v) is 2.52. The molecule has 0 unspecified atom stereocenters. The van der Waals surface area contributed by atoms with E-state index >= 15 is 0 Å². The lowest BCUT2D eigenvalue weighted by molar-refractivity contribution is 0.102. The molecule has 0 spiro atoms. The molecule has 0 saturated heterocycles. The molecule has 0 aliphatic carbocycles. The Kier molecular flexibility index (Phi) is 3.33. The lowest BCUT2D eigenvalue weighted by Gasteiger charge is -2.07. The van der Waals surface area contributed by atoms with Gasteiger partial charge >= 0.3 is 5.76 Å². The fraction of sp³-hybridized carbons (Fsp3) is 0.176. The molecule has 0 saturated carbocycles. The Morgan fingerprint density at radius 2 is 1.77 bits per heavy atom. The summed E-state index contributed by atoms with van der Waals surface area (Å²) in [7, 11) is 1.61. The van der Waals surface area contributed by atoms with Crippen molar-refractivity contribution in [3.63, 3.8) is 0 Å². The van der Waals surface area contributed by atoms with Gasteiger partial charge in [0.25, 0.3) is 5.91 Å². The highest BCUT2D eigenvalue weighted by atomic mass is 16.4. The van der Waals surface area contributed by atoms with Crippen molar-refractivity contribution >= 4 is 22.7 Å². The van der Waals surface area contributed by atoms with Gasteiger partial charge < -0.3 is 9.73 Å². The molecule has 1 heterocycles. The summed E-state index contributed by atoms with van der Waals surface area (Å²) >= 11 is 0. The van der Waals surface area contributed by atoms with Crippen LogP contribution in [0.5, 0.6) is 0 Å². The van der Waals surface area contributed by atoms with Gasteiger partial charge in [0.1, 0.15) is 0 Å². The topological polar surface area (TPSA) is 64.2 Å². The van der Waals surface area contributed by atoms with Crippen LogP contribution in [0.3, 0.4) is 0 Å². The molecule has 1 amide bonds. The standard InChI is InChI=1S/C17H16N2O3/c1-10-6-11(2)8-13(7-10)18-16(20)12-4-5-15-14(9-12)19(3)17(21)22-15/h4-9H,1-3H3,(H,18,20). The summed E-state index contributed by atoms with van der Waals surface area (Å²) in [5, 5.41) is 2.87. The summed E-state index contributed by atoms with van der Waals surface area (Å²) in [6.45, 7) is 3.96. The molecule has 0 aliphatic heterocycles. The van der Waals surface area contributed by atoms with Crippen molar-refractivity contribution < 1.29 is 9.21 Å². The number of fused-ring (bicyclic) bond motifs is 1. The number of carbonyl (C=O) groups excluding carboxylic acids is 1. The van der Waals surface area contributed by atoms with Gasteiger partial charge in [-0.3, -0.25) is 9.36 Å². The molecule has 5 heteroatoms. The lowest BCUT2D eigenvalue weighted by Crippen LogP contribution is -2.13. The van der Waals surface area contributed by atoms with Gasteiger partial charge in [0.15, 0.2) is 5.58 Å². The fourth-order valence-electron chi connectivity index (χ4n) is 2.52. The Labute approximate surface area is 127 Å². The van der Waals surface area contributed by atoms with Crippen molar-refractivity contribution in [1.29, 1.82) is 0 Å². The van der Waals surface area contributed by atoms with Gasteiger partial charge in [0.2, 0.25) is 0 Å². The molecule has 0 fully saturated rings. The summed E-state index contributed by atoms with van der Waals surface area (Å²) in [5.41, 5.74) is 4.46. The second kappa shape index (κ2) is 5.18. The Morgan fingerprint density at radius 1 is 1.09 bits per heavy atom. The first kappa shape index (κ1) is 14.1. The van der Waals surface area contributed by atoms with E-state index < -0.39 is 5.76 Å².